The van der Waals surface area contributed by atoms with Crippen molar-refractivity contribution in [1.29, 1.82) is 0 Å². The van der Waals surface area contributed by atoms with Crippen LogP contribution in [0.25, 0.3) is 0 Å². The molecular weight excluding hydrogens is 358 g/mol. The molecule has 8 heteroatoms. The van der Waals surface area contributed by atoms with Gasteiger partial charge in [0, 0.05) is 36.8 Å². The number of piperidine rings is 1. The number of anilines is 1. The summed E-state index contributed by atoms with van der Waals surface area (Å²) < 4.78 is 5.00. The first kappa shape index (κ1) is 20.0. The van der Waals surface area contributed by atoms with E-state index in [4.69, 9.17) is 16.3 Å². The van der Waals surface area contributed by atoms with Crippen LogP contribution in [0, 0.1) is 0 Å². The fourth-order valence-corrected chi connectivity index (χ4v) is 3.18. The zero-order valence-corrected chi connectivity index (χ0v) is 15.8. The first-order valence-electron chi connectivity index (χ1n) is 8.65. The van der Waals surface area contributed by atoms with Crippen LogP contribution in [0.15, 0.2) is 24.3 Å². The molecule has 0 aliphatic carbocycles. The molecule has 7 nitrogen and oxygen atoms in total. The van der Waals surface area contributed by atoms with Gasteiger partial charge in [-0.05, 0) is 38.0 Å². The standard InChI is InChI=1S/C18H24ClN3O4/c1-3-26-18(25)21-9-7-16(8-10-21)22(13(2)23)12-17(24)20-15-6-4-5-14(19)11-15/h4-6,11,16H,3,7-10,12H2,1-2H3,(H,20,24). The lowest BCUT2D eigenvalue weighted by Crippen LogP contribution is -2.50. The minimum Gasteiger partial charge on any atom is -0.450 e. The Balaban J connectivity index is 1.92. The molecule has 1 heterocycles. The van der Waals surface area contributed by atoms with Gasteiger partial charge in [-0.1, -0.05) is 17.7 Å². The molecule has 26 heavy (non-hydrogen) atoms. The molecule has 1 saturated heterocycles. The molecular formula is C18H24ClN3O4. The summed E-state index contributed by atoms with van der Waals surface area (Å²) in [6, 6.07) is 6.76. The SMILES string of the molecule is CCOC(=O)N1CCC(N(CC(=O)Nc2cccc(Cl)c2)C(C)=O)CC1. The van der Waals surface area contributed by atoms with E-state index in [0.717, 1.165) is 0 Å². The molecule has 142 valence electrons. The summed E-state index contributed by atoms with van der Waals surface area (Å²) in [6.07, 6.45) is 0.894. The van der Waals surface area contributed by atoms with Gasteiger partial charge in [-0.15, -0.1) is 0 Å². The zero-order valence-electron chi connectivity index (χ0n) is 15.0. The second-order valence-corrected chi connectivity index (χ2v) is 6.56. The maximum Gasteiger partial charge on any atom is 0.409 e. The molecule has 1 aromatic carbocycles. The van der Waals surface area contributed by atoms with Crippen LogP contribution in [-0.2, 0) is 14.3 Å². The maximum atomic E-state index is 12.3. The summed E-state index contributed by atoms with van der Waals surface area (Å²) in [5, 5.41) is 3.27. The molecule has 0 spiro atoms. The van der Waals surface area contributed by atoms with E-state index in [-0.39, 0.29) is 30.5 Å². The fourth-order valence-electron chi connectivity index (χ4n) is 2.99. The van der Waals surface area contributed by atoms with Gasteiger partial charge < -0.3 is 19.9 Å². The van der Waals surface area contributed by atoms with Crippen LogP contribution < -0.4 is 5.32 Å². The van der Waals surface area contributed by atoms with Crippen molar-refractivity contribution in [2.75, 3.05) is 31.6 Å². The number of amides is 3. The third-order valence-corrected chi connectivity index (χ3v) is 4.49. The van der Waals surface area contributed by atoms with E-state index in [0.29, 0.717) is 43.2 Å². The van der Waals surface area contributed by atoms with E-state index in [1.807, 2.05) is 0 Å². The van der Waals surface area contributed by atoms with Gasteiger partial charge in [-0.2, -0.15) is 0 Å². The number of carbonyl (C=O) groups excluding carboxylic acids is 3. The maximum absolute atomic E-state index is 12.3. The van der Waals surface area contributed by atoms with E-state index >= 15 is 0 Å². The second-order valence-electron chi connectivity index (χ2n) is 6.12. The zero-order chi connectivity index (χ0) is 19.1. The van der Waals surface area contributed by atoms with Gasteiger partial charge in [0.15, 0.2) is 0 Å². The van der Waals surface area contributed by atoms with E-state index in [1.165, 1.54) is 6.92 Å². The van der Waals surface area contributed by atoms with Crippen molar-refractivity contribution in [3.8, 4) is 0 Å². The molecule has 1 aromatic rings. The summed E-state index contributed by atoms with van der Waals surface area (Å²) in [7, 11) is 0. The van der Waals surface area contributed by atoms with Crippen molar-refractivity contribution in [2.45, 2.75) is 32.7 Å². The molecule has 1 aliphatic rings. The van der Waals surface area contributed by atoms with Crippen molar-refractivity contribution in [3.63, 3.8) is 0 Å². The Bertz CT molecular complexity index is 660. The lowest BCUT2D eigenvalue weighted by atomic mass is 10.0. The molecule has 0 bridgehead atoms. The summed E-state index contributed by atoms with van der Waals surface area (Å²) in [5.41, 5.74) is 0.586. The van der Waals surface area contributed by atoms with Gasteiger partial charge in [-0.3, -0.25) is 9.59 Å². The number of ether oxygens (including phenoxy) is 1. The molecule has 2 rings (SSSR count). The normalized spacial score (nSPS) is 14.7. The average Bonchev–Trinajstić information content (AvgIpc) is 2.60. The van der Waals surface area contributed by atoms with Crippen molar-refractivity contribution in [3.05, 3.63) is 29.3 Å². The number of hydrogen-bond donors (Lipinski definition) is 1. The van der Waals surface area contributed by atoms with Crippen LogP contribution in [0.1, 0.15) is 26.7 Å². The van der Waals surface area contributed by atoms with E-state index in [2.05, 4.69) is 5.32 Å². The minimum atomic E-state index is -0.334. The van der Waals surface area contributed by atoms with Crippen molar-refractivity contribution >= 4 is 35.2 Å². The average molecular weight is 382 g/mol. The molecule has 1 aliphatic heterocycles. The van der Waals surface area contributed by atoms with Gasteiger partial charge in [0.2, 0.25) is 11.8 Å². The molecule has 0 saturated carbocycles. The highest BCUT2D eigenvalue weighted by molar-refractivity contribution is 6.30. The Kier molecular flexibility index (Phi) is 7.26. The minimum absolute atomic E-state index is 0.0358. The van der Waals surface area contributed by atoms with E-state index in [9.17, 15) is 14.4 Å². The predicted molar refractivity (Wildman–Crippen MR) is 99.1 cm³/mol. The Morgan fingerprint density at radius 2 is 2.00 bits per heavy atom. The van der Waals surface area contributed by atoms with Gasteiger partial charge in [-0.25, -0.2) is 4.79 Å². The lowest BCUT2D eigenvalue weighted by Gasteiger charge is -2.37. The quantitative estimate of drug-likeness (QED) is 0.850. The molecule has 1 fully saturated rings. The number of hydrogen-bond acceptors (Lipinski definition) is 4. The molecule has 0 radical (unpaired) electrons. The molecule has 0 unspecified atom stereocenters. The number of rotatable bonds is 5. The largest absolute Gasteiger partial charge is 0.450 e. The van der Waals surface area contributed by atoms with Crippen molar-refractivity contribution < 1.29 is 19.1 Å². The summed E-state index contributed by atoms with van der Waals surface area (Å²) in [6.45, 7) is 4.52. The number of nitrogens with zero attached hydrogens (tertiary/aromatic N) is 2. The molecule has 0 atom stereocenters. The van der Waals surface area contributed by atoms with Crippen LogP contribution in [0.3, 0.4) is 0 Å². The summed E-state index contributed by atoms with van der Waals surface area (Å²) in [5.74, 6) is -0.448. The second kappa shape index (κ2) is 9.43. The third-order valence-electron chi connectivity index (χ3n) is 4.26. The lowest BCUT2D eigenvalue weighted by molar-refractivity contribution is -0.136. The monoisotopic (exact) mass is 381 g/mol. The fraction of sp³-hybridized carbons (Fsp3) is 0.500. The van der Waals surface area contributed by atoms with Gasteiger partial charge in [0.25, 0.3) is 0 Å². The first-order chi connectivity index (χ1) is 12.4. The Morgan fingerprint density at radius 1 is 1.31 bits per heavy atom. The van der Waals surface area contributed by atoms with Gasteiger partial charge >= 0.3 is 6.09 Å². The van der Waals surface area contributed by atoms with Crippen molar-refractivity contribution in [2.24, 2.45) is 0 Å². The van der Waals surface area contributed by atoms with Gasteiger partial charge in [0.1, 0.15) is 6.54 Å². The molecule has 1 N–H and O–H groups in total. The van der Waals surface area contributed by atoms with Crippen LogP contribution in [0.4, 0.5) is 10.5 Å². The van der Waals surface area contributed by atoms with Crippen molar-refractivity contribution in [1.82, 2.24) is 9.80 Å². The number of nitrogens with one attached hydrogen (secondary N) is 1. The van der Waals surface area contributed by atoms with E-state index < -0.39 is 0 Å². The van der Waals surface area contributed by atoms with Crippen LogP contribution in [0.5, 0.6) is 0 Å². The number of likely N-dealkylation sites (tertiary alicyclic amines) is 1. The van der Waals surface area contributed by atoms with E-state index in [1.54, 1.807) is 41.0 Å². The van der Waals surface area contributed by atoms with Crippen LogP contribution in [0.2, 0.25) is 5.02 Å². The Morgan fingerprint density at radius 3 is 2.58 bits per heavy atom. The highest BCUT2D eigenvalue weighted by Crippen LogP contribution is 2.19. The summed E-state index contributed by atoms with van der Waals surface area (Å²) in [4.78, 5) is 39.3. The van der Waals surface area contributed by atoms with Crippen LogP contribution in [-0.4, -0.2) is 60.0 Å². The molecule has 0 aromatic heterocycles. The smallest absolute Gasteiger partial charge is 0.409 e. The third kappa shape index (κ3) is 5.62. The number of benzene rings is 1. The highest BCUT2D eigenvalue weighted by Gasteiger charge is 2.29. The van der Waals surface area contributed by atoms with Crippen LogP contribution >= 0.6 is 11.6 Å². The van der Waals surface area contributed by atoms with Gasteiger partial charge in [0.05, 0.1) is 6.61 Å². The number of carbonyl (C=O) groups is 3. The highest BCUT2D eigenvalue weighted by atomic mass is 35.5. The Labute approximate surface area is 158 Å². The summed E-state index contributed by atoms with van der Waals surface area (Å²) >= 11 is 5.91. The predicted octanol–water partition coefficient (Wildman–Crippen LogP) is 2.75. The topological polar surface area (TPSA) is 79.0 Å². The Hall–Kier alpha value is -2.28. The molecule has 3 amide bonds. The number of halogens is 1. The first-order valence-corrected chi connectivity index (χ1v) is 9.02.